The van der Waals surface area contributed by atoms with Crippen LogP contribution < -0.4 is 4.74 Å². The van der Waals surface area contributed by atoms with E-state index in [0.29, 0.717) is 17.1 Å². The molecule has 132 valence electrons. The van der Waals surface area contributed by atoms with E-state index in [4.69, 9.17) is 4.74 Å². The molecule has 0 amide bonds. The van der Waals surface area contributed by atoms with Crippen molar-refractivity contribution in [3.05, 3.63) is 90.3 Å². The molecule has 0 aliphatic carbocycles. The van der Waals surface area contributed by atoms with Gasteiger partial charge in [-0.1, -0.05) is 18.2 Å². The number of hydrogen-bond acceptors (Lipinski definition) is 3. The Labute approximate surface area is 149 Å². The molecular weight excluding hydrogens is 336 g/mol. The number of hydrogen-bond donors (Lipinski definition) is 1. The first-order valence-corrected chi connectivity index (χ1v) is 7.99. The molecule has 2 aromatic carbocycles. The van der Waals surface area contributed by atoms with Crippen molar-refractivity contribution in [2.45, 2.75) is 13.5 Å². The summed E-state index contributed by atoms with van der Waals surface area (Å²) in [5.74, 6) is 0.0343. The van der Waals surface area contributed by atoms with Gasteiger partial charge in [0.1, 0.15) is 29.8 Å². The second-order valence-electron chi connectivity index (χ2n) is 5.58. The summed E-state index contributed by atoms with van der Waals surface area (Å²) in [6.45, 7) is 2.05. The Hall–Kier alpha value is -3.28. The van der Waals surface area contributed by atoms with Crippen LogP contribution in [0.15, 0.2) is 67.1 Å². The summed E-state index contributed by atoms with van der Waals surface area (Å²) in [6.07, 6.45) is 4.54. The Kier molecular flexibility index (Phi) is 5.53. The van der Waals surface area contributed by atoms with Crippen LogP contribution in [0.25, 0.3) is 11.1 Å². The maximum Gasteiger partial charge on any atom is 0.134 e. The standard InChI is InChI=1S/C20H17F2N3O/c1-14-24-11-15(19-8-7-16(21)9-20(19)22)10-23-12-17(25-14)13-26-18-5-3-2-4-6-18/h2-12H,13H2,1H3,(H,24,25). The number of nitrogens with zero attached hydrogens (tertiary/aromatic N) is 2. The van der Waals surface area contributed by atoms with Crippen molar-refractivity contribution in [2.75, 3.05) is 0 Å². The molecule has 0 aliphatic heterocycles. The lowest BCUT2D eigenvalue weighted by Gasteiger charge is -2.04. The molecule has 0 spiro atoms. The van der Waals surface area contributed by atoms with E-state index < -0.39 is 11.6 Å². The molecule has 4 nitrogen and oxygen atoms in total. The maximum atomic E-state index is 14.0. The van der Waals surface area contributed by atoms with Crippen LogP contribution in [0.2, 0.25) is 0 Å². The Morgan fingerprint density at radius 2 is 1.81 bits per heavy atom. The van der Waals surface area contributed by atoms with Crippen molar-refractivity contribution in [3.63, 3.8) is 0 Å². The Morgan fingerprint density at radius 3 is 2.58 bits per heavy atom. The SMILES string of the molecule is Cc1ncc(-c2ccc(F)cc2F)cncc(COc2ccccc2)[nH]1. The molecule has 0 saturated carbocycles. The van der Waals surface area contributed by atoms with Crippen molar-refractivity contribution >= 4 is 0 Å². The van der Waals surface area contributed by atoms with Crippen molar-refractivity contribution in [2.24, 2.45) is 0 Å². The van der Waals surface area contributed by atoms with E-state index in [1.807, 2.05) is 30.3 Å². The Morgan fingerprint density at radius 1 is 1.00 bits per heavy atom. The molecule has 3 aromatic rings. The summed E-state index contributed by atoms with van der Waals surface area (Å²) < 4.78 is 32.8. The van der Waals surface area contributed by atoms with Crippen molar-refractivity contribution in [3.8, 4) is 16.9 Å². The lowest BCUT2D eigenvalue weighted by molar-refractivity contribution is 0.300. The fourth-order valence-corrected chi connectivity index (χ4v) is 2.32. The predicted octanol–water partition coefficient (Wildman–Crippen LogP) is 4.76. The lowest BCUT2D eigenvalue weighted by Crippen LogP contribution is -1.98. The van der Waals surface area contributed by atoms with Gasteiger partial charge in [0.2, 0.25) is 0 Å². The fraction of sp³-hybridized carbons (Fsp3) is 0.100. The summed E-state index contributed by atoms with van der Waals surface area (Å²) in [5, 5.41) is 0. The highest BCUT2D eigenvalue weighted by Gasteiger charge is 2.06. The Bertz CT molecular complexity index is 941. The number of aromatic nitrogens is 3. The second-order valence-corrected chi connectivity index (χ2v) is 5.58. The van der Waals surface area contributed by atoms with Crippen molar-refractivity contribution < 1.29 is 13.5 Å². The zero-order valence-electron chi connectivity index (χ0n) is 14.1. The van der Waals surface area contributed by atoms with Gasteiger partial charge in [-0.25, -0.2) is 13.8 Å². The van der Waals surface area contributed by atoms with Gasteiger partial charge in [0.25, 0.3) is 0 Å². The number of aryl methyl sites for hydroxylation is 1. The molecule has 0 aliphatic rings. The molecule has 0 unspecified atom stereocenters. The third kappa shape index (κ3) is 4.63. The number of benzene rings is 2. The van der Waals surface area contributed by atoms with E-state index in [1.54, 1.807) is 13.1 Å². The quantitative estimate of drug-likeness (QED) is 0.736. The molecule has 0 bridgehead atoms. The fourth-order valence-electron chi connectivity index (χ4n) is 2.32. The molecule has 0 fully saturated rings. The van der Waals surface area contributed by atoms with E-state index in [1.165, 1.54) is 24.5 Å². The van der Waals surface area contributed by atoms with Gasteiger partial charge in [-0.15, -0.1) is 0 Å². The first kappa shape index (κ1) is 17.5. The van der Waals surface area contributed by atoms with Crippen LogP contribution in [0.1, 0.15) is 11.5 Å². The van der Waals surface area contributed by atoms with E-state index in [9.17, 15) is 8.78 Å². The minimum absolute atomic E-state index is 0.226. The zero-order chi connectivity index (χ0) is 18.4. The number of aromatic amines is 1. The highest BCUT2D eigenvalue weighted by atomic mass is 19.1. The van der Waals surface area contributed by atoms with E-state index in [-0.39, 0.29) is 12.2 Å². The van der Waals surface area contributed by atoms with Crippen molar-refractivity contribution in [1.29, 1.82) is 0 Å². The summed E-state index contributed by atoms with van der Waals surface area (Å²) in [5.41, 5.74) is 1.36. The zero-order valence-corrected chi connectivity index (χ0v) is 14.1. The molecule has 6 heteroatoms. The topological polar surface area (TPSA) is 50.8 Å². The Balaban J connectivity index is 1.90. The highest BCUT2D eigenvalue weighted by molar-refractivity contribution is 5.61. The molecule has 26 heavy (non-hydrogen) atoms. The van der Waals surface area contributed by atoms with Gasteiger partial charge in [0.15, 0.2) is 0 Å². The van der Waals surface area contributed by atoms with Crippen LogP contribution in [0.3, 0.4) is 0 Å². The first-order valence-electron chi connectivity index (χ1n) is 7.99. The number of nitrogens with one attached hydrogen (secondary N) is 1. The molecule has 1 aromatic heterocycles. The van der Waals surface area contributed by atoms with Crippen molar-refractivity contribution in [1.82, 2.24) is 15.0 Å². The number of para-hydroxylation sites is 1. The van der Waals surface area contributed by atoms with Crippen LogP contribution in [0, 0.1) is 18.6 Å². The van der Waals surface area contributed by atoms with Gasteiger partial charge in [-0.3, -0.25) is 4.98 Å². The van der Waals surface area contributed by atoms with E-state index >= 15 is 0 Å². The smallest absolute Gasteiger partial charge is 0.134 e. The maximum absolute atomic E-state index is 14.0. The van der Waals surface area contributed by atoms with Gasteiger partial charge >= 0.3 is 0 Å². The molecule has 0 saturated heterocycles. The average Bonchev–Trinajstić information content (AvgIpc) is 2.72. The summed E-state index contributed by atoms with van der Waals surface area (Å²) in [6, 6.07) is 12.8. The second kappa shape index (κ2) is 8.20. The third-order valence-corrected chi connectivity index (χ3v) is 3.56. The van der Waals surface area contributed by atoms with Crippen LogP contribution in [-0.4, -0.2) is 15.0 Å². The number of rotatable bonds is 4. The minimum Gasteiger partial charge on any atom is -0.487 e. The normalized spacial score (nSPS) is 10.3. The summed E-state index contributed by atoms with van der Waals surface area (Å²) >= 11 is 0. The summed E-state index contributed by atoms with van der Waals surface area (Å²) in [7, 11) is 0. The number of H-pyrrole nitrogens is 1. The number of ether oxygens (including phenoxy) is 1. The average molecular weight is 353 g/mol. The van der Waals surface area contributed by atoms with Crippen LogP contribution >= 0.6 is 0 Å². The van der Waals surface area contributed by atoms with E-state index in [2.05, 4.69) is 15.0 Å². The molecule has 0 radical (unpaired) electrons. The highest BCUT2D eigenvalue weighted by Crippen LogP contribution is 2.21. The monoisotopic (exact) mass is 353 g/mol. The first-order chi connectivity index (χ1) is 12.6. The number of halogens is 2. The van der Waals surface area contributed by atoms with Crippen LogP contribution in [0.4, 0.5) is 8.78 Å². The third-order valence-electron chi connectivity index (χ3n) is 3.56. The van der Waals surface area contributed by atoms with Gasteiger partial charge in [-0.2, -0.15) is 0 Å². The van der Waals surface area contributed by atoms with Crippen LogP contribution in [0.5, 0.6) is 5.75 Å². The summed E-state index contributed by atoms with van der Waals surface area (Å²) in [4.78, 5) is 11.6. The van der Waals surface area contributed by atoms with E-state index in [0.717, 1.165) is 11.8 Å². The largest absolute Gasteiger partial charge is 0.487 e. The predicted molar refractivity (Wildman–Crippen MR) is 94.9 cm³/mol. The molecule has 1 N–H and O–H groups in total. The van der Waals surface area contributed by atoms with Gasteiger partial charge < -0.3 is 9.72 Å². The van der Waals surface area contributed by atoms with Crippen LogP contribution in [-0.2, 0) is 6.61 Å². The van der Waals surface area contributed by atoms with Gasteiger partial charge in [0, 0.05) is 35.8 Å². The molecule has 0 atom stereocenters. The molecule has 3 rings (SSSR count). The molecular formula is C20H17F2N3O. The van der Waals surface area contributed by atoms with Gasteiger partial charge in [-0.05, 0) is 31.2 Å². The minimum atomic E-state index is -0.667. The van der Waals surface area contributed by atoms with Gasteiger partial charge in [0.05, 0.1) is 5.69 Å². The lowest BCUT2D eigenvalue weighted by atomic mass is 10.1. The molecule has 1 heterocycles.